The Morgan fingerprint density at radius 1 is 1.23 bits per heavy atom. The number of anilines is 1. The minimum absolute atomic E-state index is 0.117. The SMILES string of the molecule is C[C@H]1CN([C@@H](C)CO)C(=O)c2cccc(NC(=O)c3cnccn3)c2O[C@@H]1CN(C)C(=O)NC1CCCCC1. The van der Waals surface area contributed by atoms with Crippen molar-refractivity contribution in [3.63, 3.8) is 0 Å². The highest BCUT2D eigenvalue weighted by Crippen LogP contribution is 2.35. The van der Waals surface area contributed by atoms with Crippen molar-refractivity contribution in [1.29, 1.82) is 0 Å². The van der Waals surface area contributed by atoms with Gasteiger partial charge in [0.05, 0.1) is 36.6 Å². The number of hydrogen-bond acceptors (Lipinski definition) is 7. The summed E-state index contributed by atoms with van der Waals surface area (Å²) in [7, 11) is 1.73. The summed E-state index contributed by atoms with van der Waals surface area (Å²) in [5.41, 5.74) is 0.687. The monoisotopic (exact) mass is 538 g/mol. The van der Waals surface area contributed by atoms with Gasteiger partial charge in [0.15, 0.2) is 5.75 Å². The lowest BCUT2D eigenvalue weighted by Gasteiger charge is -2.38. The van der Waals surface area contributed by atoms with Gasteiger partial charge in [-0.3, -0.25) is 14.6 Å². The highest BCUT2D eigenvalue weighted by atomic mass is 16.5. The number of carbonyl (C=O) groups excluding carboxylic acids is 3. The van der Waals surface area contributed by atoms with Crippen molar-refractivity contribution in [1.82, 2.24) is 25.1 Å². The number of fused-ring (bicyclic) bond motifs is 1. The largest absolute Gasteiger partial charge is 0.485 e. The molecular formula is C28H38N6O5. The van der Waals surface area contributed by atoms with Gasteiger partial charge in [0.2, 0.25) is 0 Å². The Balaban J connectivity index is 1.62. The number of benzene rings is 1. The normalized spacial score (nSPS) is 20.6. The lowest BCUT2D eigenvalue weighted by Crippen LogP contribution is -2.52. The molecule has 2 heterocycles. The Kier molecular flexibility index (Phi) is 9.34. The average Bonchev–Trinajstić information content (AvgIpc) is 2.95. The fourth-order valence-corrected chi connectivity index (χ4v) is 5.05. The van der Waals surface area contributed by atoms with E-state index in [4.69, 9.17) is 4.74 Å². The van der Waals surface area contributed by atoms with Crippen molar-refractivity contribution in [2.45, 2.75) is 64.1 Å². The molecule has 2 aliphatic rings. The molecule has 11 nitrogen and oxygen atoms in total. The maximum Gasteiger partial charge on any atom is 0.317 e. The lowest BCUT2D eigenvalue weighted by atomic mass is 9.96. The molecule has 0 spiro atoms. The molecule has 0 unspecified atom stereocenters. The van der Waals surface area contributed by atoms with Crippen LogP contribution in [-0.4, -0.2) is 87.7 Å². The number of aromatic nitrogens is 2. The minimum atomic E-state index is -0.498. The molecule has 1 aliphatic heterocycles. The zero-order chi connectivity index (χ0) is 27.9. The Labute approximate surface area is 228 Å². The fraction of sp³-hybridized carbons (Fsp3) is 0.536. The van der Waals surface area contributed by atoms with Gasteiger partial charge in [0.1, 0.15) is 11.8 Å². The molecule has 210 valence electrons. The lowest BCUT2D eigenvalue weighted by molar-refractivity contribution is 0.0367. The van der Waals surface area contributed by atoms with Crippen LogP contribution in [0.15, 0.2) is 36.8 Å². The van der Waals surface area contributed by atoms with E-state index in [1.165, 1.54) is 25.0 Å². The van der Waals surface area contributed by atoms with E-state index in [2.05, 4.69) is 20.6 Å². The van der Waals surface area contributed by atoms with E-state index in [-0.39, 0.29) is 54.1 Å². The van der Waals surface area contributed by atoms with E-state index in [9.17, 15) is 19.5 Å². The van der Waals surface area contributed by atoms with Gasteiger partial charge >= 0.3 is 6.03 Å². The van der Waals surface area contributed by atoms with E-state index in [1.807, 2.05) is 6.92 Å². The van der Waals surface area contributed by atoms with Crippen LogP contribution >= 0.6 is 0 Å². The molecule has 0 saturated heterocycles. The number of para-hydroxylation sites is 1. The van der Waals surface area contributed by atoms with Gasteiger partial charge < -0.3 is 30.3 Å². The van der Waals surface area contributed by atoms with Crippen molar-refractivity contribution >= 4 is 23.5 Å². The van der Waals surface area contributed by atoms with Crippen LogP contribution in [0.5, 0.6) is 5.75 Å². The molecule has 3 N–H and O–H groups in total. The number of aliphatic hydroxyl groups excluding tert-OH is 1. The molecule has 11 heteroatoms. The van der Waals surface area contributed by atoms with Crippen LogP contribution in [0.1, 0.15) is 66.8 Å². The molecule has 3 atom stereocenters. The standard InChI is InChI=1S/C28H38N6O5/c1-18-15-34(19(2)17-35)27(37)21-10-7-11-22(32-26(36)23-14-29-12-13-30-23)25(21)39-24(18)16-33(3)28(38)31-20-8-5-4-6-9-20/h7,10-14,18-20,24,35H,4-6,8-9,15-17H2,1-3H3,(H,31,38)(H,32,36)/t18-,19-,24+/m0/s1. The molecule has 4 amide bonds. The van der Waals surface area contributed by atoms with Gasteiger partial charge in [-0.05, 0) is 31.9 Å². The molecule has 1 aromatic heterocycles. The zero-order valence-electron chi connectivity index (χ0n) is 22.8. The highest BCUT2D eigenvalue weighted by molar-refractivity contribution is 6.06. The van der Waals surface area contributed by atoms with Crippen molar-refractivity contribution in [3.05, 3.63) is 48.0 Å². The summed E-state index contributed by atoms with van der Waals surface area (Å²) in [6, 6.07) is 4.53. The third-order valence-corrected chi connectivity index (χ3v) is 7.47. The number of aliphatic hydroxyl groups is 1. The topological polar surface area (TPSA) is 137 Å². The Hall–Kier alpha value is -3.73. The van der Waals surface area contributed by atoms with Gasteiger partial charge in [-0.2, -0.15) is 0 Å². The predicted molar refractivity (Wildman–Crippen MR) is 146 cm³/mol. The molecule has 1 saturated carbocycles. The van der Waals surface area contributed by atoms with Crippen LogP contribution < -0.4 is 15.4 Å². The Morgan fingerprint density at radius 3 is 2.69 bits per heavy atom. The second-order valence-electron chi connectivity index (χ2n) is 10.5. The molecule has 4 rings (SSSR count). The molecule has 0 bridgehead atoms. The molecule has 1 aliphatic carbocycles. The van der Waals surface area contributed by atoms with E-state index in [0.717, 1.165) is 25.7 Å². The number of hydrogen-bond donors (Lipinski definition) is 3. The predicted octanol–water partition coefficient (Wildman–Crippen LogP) is 2.92. The van der Waals surface area contributed by atoms with Gasteiger partial charge in [-0.25, -0.2) is 9.78 Å². The number of amides is 4. The van der Waals surface area contributed by atoms with Crippen LogP contribution in [0, 0.1) is 5.92 Å². The quantitative estimate of drug-likeness (QED) is 0.493. The van der Waals surface area contributed by atoms with Crippen LogP contribution in [-0.2, 0) is 0 Å². The maximum absolute atomic E-state index is 13.6. The summed E-state index contributed by atoms with van der Waals surface area (Å²) in [6.45, 7) is 4.13. The summed E-state index contributed by atoms with van der Waals surface area (Å²) < 4.78 is 6.48. The second-order valence-corrected chi connectivity index (χ2v) is 10.5. The third kappa shape index (κ3) is 6.83. The number of urea groups is 1. The van der Waals surface area contributed by atoms with Crippen molar-refractivity contribution in [3.8, 4) is 5.75 Å². The first-order valence-electron chi connectivity index (χ1n) is 13.6. The first-order valence-corrected chi connectivity index (χ1v) is 13.6. The van der Waals surface area contributed by atoms with Crippen LogP contribution in [0.3, 0.4) is 0 Å². The van der Waals surface area contributed by atoms with Crippen LogP contribution in [0.4, 0.5) is 10.5 Å². The van der Waals surface area contributed by atoms with E-state index >= 15 is 0 Å². The van der Waals surface area contributed by atoms with E-state index in [1.54, 1.807) is 42.0 Å². The Bertz CT molecular complexity index is 1160. The summed E-state index contributed by atoms with van der Waals surface area (Å²) >= 11 is 0. The van der Waals surface area contributed by atoms with E-state index in [0.29, 0.717) is 12.2 Å². The summed E-state index contributed by atoms with van der Waals surface area (Å²) in [6.07, 6.45) is 9.14. The second kappa shape index (κ2) is 12.9. The van der Waals surface area contributed by atoms with Gasteiger partial charge in [-0.1, -0.05) is 32.3 Å². The molecule has 0 radical (unpaired) electrons. The van der Waals surface area contributed by atoms with Crippen molar-refractivity contribution in [2.24, 2.45) is 5.92 Å². The molecule has 1 aromatic carbocycles. The number of likely N-dealkylation sites (N-methyl/N-ethyl adjacent to an activating group) is 1. The van der Waals surface area contributed by atoms with Gasteiger partial charge in [0.25, 0.3) is 11.8 Å². The Morgan fingerprint density at radius 2 is 2.00 bits per heavy atom. The van der Waals surface area contributed by atoms with Crippen LogP contribution in [0.25, 0.3) is 0 Å². The van der Waals surface area contributed by atoms with E-state index < -0.39 is 18.1 Å². The number of nitrogens with one attached hydrogen (secondary N) is 2. The number of carbonyl (C=O) groups is 3. The number of ether oxygens (including phenoxy) is 1. The molecule has 2 aromatic rings. The third-order valence-electron chi connectivity index (χ3n) is 7.47. The molecule has 1 fully saturated rings. The van der Waals surface area contributed by atoms with Gasteiger partial charge in [0, 0.05) is 37.9 Å². The number of nitrogens with zero attached hydrogens (tertiary/aromatic N) is 4. The maximum atomic E-state index is 13.6. The summed E-state index contributed by atoms with van der Waals surface area (Å²) in [5, 5.41) is 15.8. The fourth-order valence-electron chi connectivity index (χ4n) is 5.05. The average molecular weight is 539 g/mol. The van der Waals surface area contributed by atoms with Gasteiger partial charge in [-0.15, -0.1) is 0 Å². The van der Waals surface area contributed by atoms with Crippen molar-refractivity contribution < 1.29 is 24.2 Å². The molecular weight excluding hydrogens is 500 g/mol. The smallest absolute Gasteiger partial charge is 0.317 e. The van der Waals surface area contributed by atoms with Crippen molar-refractivity contribution in [2.75, 3.05) is 32.1 Å². The zero-order valence-corrected chi connectivity index (χ0v) is 22.8. The first kappa shape index (κ1) is 28.3. The highest BCUT2D eigenvalue weighted by Gasteiger charge is 2.35. The van der Waals surface area contributed by atoms with Crippen LogP contribution in [0.2, 0.25) is 0 Å². The summed E-state index contributed by atoms with van der Waals surface area (Å²) in [4.78, 5) is 50.8. The molecule has 39 heavy (non-hydrogen) atoms. The summed E-state index contributed by atoms with van der Waals surface area (Å²) in [5.74, 6) is -0.781. The first-order chi connectivity index (χ1) is 18.8. The number of rotatable bonds is 7. The minimum Gasteiger partial charge on any atom is -0.485 e.